The molecule has 42 heavy (non-hydrogen) atoms. The molecule has 0 aliphatic carbocycles. The zero-order chi connectivity index (χ0) is 29.2. The van der Waals surface area contributed by atoms with Crippen molar-refractivity contribution in [3.63, 3.8) is 0 Å². The number of fused-ring (bicyclic) bond motifs is 6. The summed E-state index contributed by atoms with van der Waals surface area (Å²) in [7, 11) is 1.53. The van der Waals surface area contributed by atoms with Crippen molar-refractivity contribution in [1.82, 2.24) is 0 Å². The quantitative estimate of drug-likeness (QED) is 0.301. The molecule has 0 bridgehead atoms. The summed E-state index contributed by atoms with van der Waals surface area (Å²) in [6, 6.07) is 25.5. The molecule has 0 unspecified atom stereocenters. The summed E-state index contributed by atoms with van der Waals surface area (Å²) < 4.78 is 19.4. The minimum absolute atomic E-state index is 0.232. The number of halogens is 1. The average molecular weight is 559 g/mol. The van der Waals surface area contributed by atoms with E-state index in [9.17, 15) is 18.8 Å². The Morgan fingerprint density at radius 2 is 1.62 bits per heavy atom. The van der Waals surface area contributed by atoms with Crippen LogP contribution in [0.4, 0.5) is 15.8 Å². The summed E-state index contributed by atoms with van der Waals surface area (Å²) in [5.74, 6) is -2.16. The van der Waals surface area contributed by atoms with Gasteiger partial charge in [0.15, 0.2) is 11.6 Å². The monoisotopic (exact) mass is 558 g/mol. The van der Waals surface area contributed by atoms with Gasteiger partial charge in [0.05, 0.1) is 19.1 Å². The van der Waals surface area contributed by atoms with Crippen LogP contribution in [0.15, 0.2) is 103 Å². The summed E-state index contributed by atoms with van der Waals surface area (Å²) in [6.45, 7) is 1.98. The van der Waals surface area contributed by atoms with Gasteiger partial charge in [-0.2, -0.15) is 0 Å². The number of rotatable bonds is 5. The van der Waals surface area contributed by atoms with E-state index in [0.717, 1.165) is 16.8 Å². The molecule has 1 N–H and O–H groups in total. The molecule has 3 aliphatic heterocycles. The lowest BCUT2D eigenvalue weighted by molar-refractivity contribution is -0.121. The molecule has 208 valence electrons. The maximum absolute atomic E-state index is 14.8. The Bertz CT molecular complexity index is 1810. The smallest absolute Gasteiger partial charge is 0.238 e. The first kappa shape index (κ1) is 25.9. The molecule has 1 saturated heterocycles. The Hall–Kier alpha value is -5.04. The first-order valence-electron chi connectivity index (χ1n) is 13.8. The molecule has 7 rings (SSSR count). The van der Waals surface area contributed by atoms with Gasteiger partial charge in [-0.3, -0.25) is 14.4 Å². The molecule has 7 heteroatoms. The largest absolute Gasteiger partial charge is 0.497 e. The Kier molecular flexibility index (Phi) is 5.87. The number of anilines is 2. The molecule has 4 aromatic rings. The molecule has 4 aromatic carbocycles. The lowest BCUT2D eigenvalue weighted by Gasteiger charge is -2.39. The number of allylic oxidation sites excluding steroid dienone is 1. The molecule has 6 nitrogen and oxygen atoms in total. The molecule has 3 heterocycles. The van der Waals surface area contributed by atoms with Crippen LogP contribution in [0.25, 0.3) is 5.57 Å². The number of carbonyl (C=O) groups is 3. The van der Waals surface area contributed by atoms with E-state index in [0.29, 0.717) is 22.6 Å². The fourth-order valence-corrected chi connectivity index (χ4v) is 7.13. The highest BCUT2D eigenvalue weighted by Crippen LogP contribution is 2.58. The van der Waals surface area contributed by atoms with Crippen molar-refractivity contribution in [2.75, 3.05) is 17.3 Å². The third kappa shape index (κ3) is 3.52. The standard InChI is InChI=1S/C35H27FN2O4/c1-20-18-29-35(26-11-4-5-12-27(26)37-34(35)41)30(32(39)21-14-16-23(36)17-15-21)31(38(29)28-13-6-3-10-25(20)28)33(40)22-8-7-9-24(19-22)42-2/h3-19,29-31H,1-2H3,(H,37,41)/t29-,30+,31-,35-/m1/s1. The van der Waals surface area contributed by atoms with Crippen molar-refractivity contribution in [1.29, 1.82) is 0 Å². The SMILES string of the molecule is COc1cccc(C(=O)[C@H]2[C@@H](C(=O)c3ccc(F)cc3)[C@]3(C(=O)Nc4ccccc43)[C@H]3C=C(C)c4ccccc4N23)c1. The van der Waals surface area contributed by atoms with Crippen LogP contribution in [0.5, 0.6) is 5.75 Å². The summed E-state index contributed by atoms with van der Waals surface area (Å²) in [5.41, 5.74) is 3.08. The van der Waals surface area contributed by atoms with Crippen LogP contribution in [0.1, 0.15) is 38.8 Å². The Morgan fingerprint density at radius 1 is 0.881 bits per heavy atom. The topological polar surface area (TPSA) is 75.7 Å². The van der Waals surface area contributed by atoms with Gasteiger partial charge in [-0.15, -0.1) is 0 Å². The van der Waals surface area contributed by atoms with E-state index in [-0.39, 0.29) is 17.3 Å². The number of ether oxygens (including phenoxy) is 1. The van der Waals surface area contributed by atoms with Crippen molar-refractivity contribution in [2.24, 2.45) is 5.92 Å². The highest BCUT2D eigenvalue weighted by atomic mass is 19.1. The van der Waals surface area contributed by atoms with E-state index in [1.54, 1.807) is 24.3 Å². The first-order chi connectivity index (χ1) is 20.4. The van der Waals surface area contributed by atoms with Crippen molar-refractivity contribution >= 4 is 34.4 Å². The van der Waals surface area contributed by atoms with Crippen molar-refractivity contribution in [2.45, 2.75) is 24.4 Å². The second-order valence-electron chi connectivity index (χ2n) is 11.0. The van der Waals surface area contributed by atoms with E-state index in [1.165, 1.54) is 31.4 Å². The molecule has 1 spiro atoms. The molecular weight excluding hydrogens is 531 g/mol. The number of nitrogens with zero attached hydrogens (tertiary/aromatic N) is 1. The van der Waals surface area contributed by atoms with Gasteiger partial charge in [0, 0.05) is 28.1 Å². The third-order valence-corrected chi connectivity index (χ3v) is 8.92. The van der Waals surface area contributed by atoms with Gasteiger partial charge in [0.2, 0.25) is 5.91 Å². The van der Waals surface area contributed by atoms with Gasteiger partial charge < -0.3 is 15.0 Å². The third-order valence-electron chi connectivity index (χ3n) is 8.92. The van der Waals surface area contributed by atoms with Crippen LogP contribution >= 0.6 is 0 Å². The highest BCUT2D eigenvalue weighted by molar-refractivity contribution is 6.18. The van der Waals surface area contributed by atoms with Crippen molar-refractivity contribution in [3.05, 3.63) is 131 Å². The maximum Gasteiger partial charge on any atom is 0.238 e. The van der Waals surface area contributed by atoms with E-state index in [4.69, 9.17) is 4.74 Å². The fourth-order valence-electron chi connectivity index (χ4n) is 7.13. The first-order valence-corrected chi connectivity index (χ1v) is 13.8. The van der Waals surface area contributed by atoms with Crippen LogP contribution < -0.4 is 15.0 Å². The molecule has 0 radical (unpaired) electrons. The molecule has 0 saturated carbocycles. The molecule has 4 atom stereocenters. The van der Waals surface area contributed by atoms with E-state index < -0.39 is 35.0 Å². The molecule has 3 aliphatic rings. The van der Waals surface area contributed by atoms with Gasteiger partial charge in [-0.05, 0) is 66.6 Å². The number of nitrogens with one attached hydrogen (secondary N) is 1. The van der Waals surface area contributed by atoms with Crippen LogP contribution in [-0.4, -0.2) is 36.7 Å². The number of carbonyl (C=O) groups excluding carboxylic acids is 3. The lowest BCUT2D eigenvalue weighted by Crippen LogP contribution is -2.51. The number of benzene rings is 4. The van der Waals surface area contributed by atoms with E-state index >= 15 is 0 Å². The predicted octanol–water partition coefficient (Wildman–Crippen LogP) is 6.08. The highest BCUT2D eigenvalue weighted by Gasteiger charge is 2.70. The second-order valence-corrected chi connectivity index (χ2v) is 11.0. The number of hydrogen-bond acceptors (Lipinski definition) is 5. The summed E-state index contributed by atoms with van der Waals surface area (Å²) in [4.78, 5) is 45.9. The van der Waals surface area contributed by atoms with Gasteiger partial charge in [-0.1, -0.05) is 54.6 Å². The van der Waals surface area contributed by atoms with Gasteiger partial charge >= 0.3 is 0 Å². The zero-order valence-electron chi connectivity index (χ0n) is 23.0. The summed E-state index contributed by atoms with van der Waals surface area (Å²) >= 11 is 0. The predicted molar refractivity (Wildman–Crippen MR) is 158 cm³/mol. The number of methoxy groups -OCH3 is 1. The normalized spacial score (nSPS) is 23.5. The van der Waals surface area contributed by atoms with Crippen molar-refractivity contribution in [3.8, 4) is 5.75 Å². The number of Topliss-reactive ketones (excluding diaryl/α,β-unsaturated/α-hetero) is 2. The fraction of sp³-hybridized carbons (Fsp3) is 0.171. The van der Waals surface area contributed by atoms with E-state index in [1.807, 2.05) is 66.4 Å². The van der Waals surface area contributed by atoms with E-state index in [2.05, 4.69) is 5.32 Å². The summed E-state index contributed by atoms with van der Waals surface area (Å²) in [6.07, 6.45) is 2.01. The average Bonchev–Trinajstić information content (AvgIpc) is 3.49. The van der Waals surface area contributed by atoms with Gasteiger partial charge in [0.1, 0.15) is 23.0 Å². The van der Waals surface area contributed by atoms with Gasteiger partial charge in [-0.25, -0.2) is 4.39 Å². The van der Waals surface area contributed by atoms with Crippen LogP contribution in [0.3, 0.4) is 0 Å². The molecule has 1 amide bonds. The molecule has 1 fully saturated rings. The Balaban J connectivity index is 1.55. The zero-order valence-corrected chi connectivity index (χ0v) is 23.0. The number of hydrogen-bond donors (Lipinski definition) is 1. The number of amides is 1. The van der Waals surface area contributed by atoms with Crippen molar-refractivity contribution < 1.29 is 23.5 Å². The number of ketones is 2. The molecule has 0 aromatic heterocycles. The van der Waals surface area contributed by atoms with Gasteiger partial charge in [0.25, 0.3) is 0 Å². The van der Waals surface area contributed by atoms with Crippen LogP contribution in [0.2, 0.25) is 0 Å². The van der Waals surface area contributed by atoms with Crippen LogP contribution in [0, 0.1) is 11.7 Å². The second kappa shape index (κ2) is 9.52. The summed E-state index contributed by atoms with van der Waals surface area (Å²) in [5, 5.41) is 3.03. The number of para-hydroxylation sites is 2. The van der Waals surface area contributed by atoms with Crippen LogP contribution in [-0.2, 0) is 10.2 Å². The maximum atomic E-state index is 14.8. The minimum Gasteiger partial charge on any atom is -0.497 e. The Labute approximate surface area is 242 Å². The lowest BCUT2D eigenvalue weighted by atomic mass is 9.64. The minimum atomic E-state index is -1.43. The Morgan fingerprint density at radius 3 is 2.40 bits per heavy atom. The molecular formula is C35H27FN2O4.